The van der Waals surface area contributed by atoms with E-state index in [1.807, 2.05) is 4.90 Å². The molecule has 1 aliphatic heterocycles. The van der Waals surface area contributed by atoms with Crippen molar-refractivity contribution < 1.29 is 9.18 Å². The Hall–Kier alpha value is -2.02. The van der Waals surface area contributed by atoms with E-state index in [4.69, 9.17) is 0 Å². The molecule has 1 aliphatic rings. The molecule has 2 heterocycles. The fourth-order valence-electron chi connectivity index (χ4n) is 2.26. The van der Waals surface area contributed by atoms with Gasteiger partial charge in [0.2, 0.25) is 5.13 Å². The lowest BCUT2D eigenvalue weighted by atomic mass is 10.1. The number of benzene rings is 1. The summed E-state index contributed by atoms with van der Waals surface area (Å²) in [5.41, 5.74) is 2.36. The summed E-state index contributed by atoms with van der Waals surface area (Å²) in [6.07, 6.45) is 2.16. The van der Waals surface area contributed by atoms with Gasteiger partial charge in [0.15, 0.2) is 0 Å². The number of amides is 1. The number of rotatable bonds is 3. The van der Waals surface area contributed by atoms with Gasteiger partial charge < -0.3 is 4.90 Å². The Labute approximate surface area is 119 Å². The van der Waals surface area contributed by atoms with Crippen LogP contribution in [0.4, 0.5) is 15.2 Å². The highest BCUT2D eigenvalue weighted by molar-refractivity contribution is 7.13. The predicted octanol–water partition coefficient (Wildman–Crippen LogP) is 2.53. The zero-order valence-corrected chi connectivity index (χ0v) is 11.5. The van der Waals surface area contributed by atoms with Crippen LogP contribution < -0.4 is 10.2 Å². The lowest BCUT2D eigenvalue weighted by Gasteiger charge is -2.18. The van der Waals surface area contributed by atoms with Gasteiger partial charge in [0, 0.05) is 18.7 Å². The molecular weight excluding hydrogens is 279 g/mol. The Bertz CT molecular complexity index is 611. The van der Waals surface area contributed by atoms with E-state index in [2.05, 4.69) is 15.5 Å². The summed E-state index contributed by atoms with van der Waals surface area (Å²) in [5.74, 6) is -0.745. The van der Waals surface area contributed by atoms with E-state index in [0.29, 0.717) is 10.8 Å². The third kappa shape index (κ3) is 2.62. The molecule has 1 aromatic carbocycles. The van der Waals surface area contributed by atoms with Crippen LogP contribution in [0.1, 0.15) is 23.2 Å². The summed E-state index contributed by atoms with van der Waals surface area (Å²) in [5, 5.41) is 10.3. The zero-order chi connectivity index (χ0) is 13.9. The zero-order valence-electron chi connectivity index (χ0n) is 10.7. The molecule has 2 aromatic rings. The minimum absolute atomic E-state index is 0.278. The summed E-state index contributed by atoms with van der Waals surface area (Å²) >= 11 is 1.22. The highest BCUT2D eigenvalue weighted by Gasteiger charge is 2.18. The van der Waals surface area contributed by atoms with Crippen molar-refractivity contribution >= 4 is 28.1 Å². The van der Waals surface area contributed by atoms with Gasteiger partial charge in [0.1, 0.15) is 11.3 Å². The average Bonchev–Trinajstić information content (AvgIpc) is 3.11. The van der Waals surface area contributed by atoms with Crippen LogP contribution in [0, 0.1) is 5.82 Å². The number of carbonyl (C=O) groups is 1. The molecule has 0 spiro atoms. The molecule has 0 atom stereocenters. The van der Waals surface area contributed by atoms with Gasteiger partial charge in [-0.2, -0.15) is 0 Å². The van der Waals surface area contributed by atoms with Crippen molar-refractivity contribution in [3.8, 4) is 0 Å². The van der Waals surface area contributed by atoms with Crippen LogP contribution in [0.5, 0.6) is 0 Å². The molecule has 1 N–H and O–H groups in total. The Morgan fingerprint density at radius 2 is 2.15 bits per heavy atom. The maximum atomic E-state index is 14.1. The van der Waals surface area contributed by atoms with Gasteiger partial charge in [-0.25, -0.2) is 4.39 Å². The van der Waals surface area contributed by atoms with Crippen molar-refractivity contribution in [1.29, 1.82) is 0 Å². The Morgan fingerprint density at radius 3 is 2.80 bits per heavy atom. The molecule has 0 bridgehead atoms. The maximum Gasteiger partial charge on any atom is 0.257 e. The summed E-state index contributed by atoms with van der Waals surface area (Å²) < 4.78 is 14.1. The topological polar surface area (TPSA) is 58.1 Å². The molecular formula is C13H13FN4OS. The van der Waals surface area contributed by atoms with Crippen molar-refractivity contribution in [2.24, 2.45) is 0 Å². The SMILES string of the molecule is O=C(Nc1nncs1)c1ccc(N2CCCC2)c(F)c1. The van der Waals surface area contributed by atoms with Gasteiger partial charge >= 0.3 is 0 Å². The molecule has 1 aromatic heterocycles. The van der Waals surface area contributed by atoms with Crippen molar-refractivity contribution in [2.75, 3.05) is 23.3 Å². The Kier molecular flexibility index (Phi) is 3.60. The number of halogens is 1. The summed E-state index contributed by atoms with van der Waals surface area (Å²) in [6.45, 7) is 1.74. The van der Waals surface area contributed by atoms with E-state index in [1.54, 1.807) is 12.1 Å². The van der Waals surface area contributed by atoms with Crippen LogP contribution in [0.3, 0.4) is 0 Å². The summed E-state index contributed by atoms with van der Waals surface area (Å²) in [4.78, 5) is 13.9. The van der Waals surface area contributed by atoms with E-state index in [9.17, 15) is 9.18 Å². The van der Waals surface area contributed by atoms with Crippen LogP contribution in [0.2, 0.25) is 0 Å². The van der Waals surface area contributed by atoms with Gasteiger partial charge in [-0.3, -0.25) is 10.1 Å². The second-order valence-corrected chi connectivity index (χ2v) is 5.39. The first-order valence-corrected chi connectivity index (χ1v) is 7.24. The van der Waals surface area contributed by atoms with Crippen LogP contribution in [0.15, 0.2) is 23.7 Å². The summed E-state index contributed by atoms with van der Waals surface area (Å²) in [6, 6.07) is 4.56. The molecule has 0 saturated carbocycles. The first kappa shape index (κ1) is 13.0. The quantitative estimate of drug-likeness (QED) is 0.944. The largest absolute Gasteiger partial charge is 0.369 e. The fourth-order valence-corrected chi connectivity index (χ4v) is 2.70. The second-order valence-electron chi connectivity index (χ2n) is 4.56. The molecule has 1 fully saturated rings. The monoisotopic (exact) mass is 292 g/mol. The van der Waals surface area contributed by atoms with Crippen molar-refractivity contribution in [2.45, 2.75) is 12.8 Å². The number of carbonyl (C=O) groups excluding carboxylic acids is 1. The minimum Gasteiger partial charge on any atom is -0.369 e. The Morgan fingerprint density at radius 1 is 1.35 bits per heavy atom. The smallest absolute Gasteiger partial charge is 0.257 e. The number of hydrogen-bond acceptors (Lipinski definition) is 5. The average molecular weight is 292 g/mol. The number of hydrogen-bond donors (Lipinski definition) is 1. The van der Waals surface area contributed by atoms with Gasteiger partial charge in [-0.15, -0.1) is 10.2 Å². The third-order valence-corrected chi connectivity index (χ3v) is 3.84. The molecule has 20 heavy (non-hydrogen) atoms. The molecule has 0 unspecified atom stereocenters. The first-order chi connectivity index (χ1) is 9.74. The highest BCUT2D eigenvalue weighted by atomic mass is 32.1. The lowest BCUT2D eigenvalue weighted by molar-refractivity contribution is 0.102. The maximum absolute atomic E-state index is 14.1. The van der Waals surface area contributed by atoms with Gasteiger partial charge in [-0.05, 0) is 31.0 Å². The molecule has 0 aliphatic carbocycles. The van der Waals surface area contributed by atoms with Crippen LogP contribution >= 0.6 is 11.3 Å². The van der Waals surface area contributed by atoms with Gasteiger partial charge in [0.25, 0.3) is 5.91 Å². The molecule has 5 nitrogen and oxygen atoms in total. The van der Waals surface area contributed by atoms with E-state index >= 15 is 0 Å². The standard InChI is InChI=1S/C13H13FN4OS/c14-10-7-9(12(19)16-13-17-15-8-20-13)3-4-11(10)18-5-1-2-6-18/h3-4,7-8H,1-2,5-6H2,(H,16,17,19). The number of aromatic nitrogens is 2. The normalized spacial score (nSPS) is 14.6. The van der Waals surface area contributed by atoms with Crippen molar-refractivity contribution in [3.05, 3.63) is 35.1 Å². The number of nitrogens with one attached hydrogen (secondary N) is 1. The summed E-state index contributed by atoms with van der Waals surface area (Å²) in [7, 11) is 0. The van der Waals surface area contributed by atoms with Gasteiger partial charge in [-0.1, -0.05) is 11.3 Å². The van der Waals surface area contributed by atoms with Crippen molar-refractivity contribution in [3.63, 3.8) is 0 Å². The molecule has 1 amide bonds. The number of nitrogens with zero attached hydrogens (tertiary/aromatic N) is 3. The second kappa shape index (κ2) is 5.54. The van der Waals surface area contributed by atoms with E-state index < -0.39 is 0 Å². The molecule has 7 heteroatoms. The fraction of sp³-hybridized carbons (Fsp3) is 0.308. The van der Waals surface area contributed by atoms with Gasteiger partial charge in [0.05, 0.1) is 5.69 Å². The highest BCUT2D eigenvalue weighted by Crippen LogP contribution is 2.24. The Balaban J connectivity index is 1.77. The lowest BCUT2D eigenvalue weighted by Crippen LogP contribution is -2.19. The molecule has 3 rings (SSSR count). The molecule has 1 saturated heterocycles. The van der Waals surface area contributed by atoms with Crippen LogP contribution in [0.25, 0.3) is 0 Å². The first-order valence-electron chi connectivity index (χ1n) is 6.36. The molecule has 0 radical (unpaired) electrons. The predicted molar refractivity (Wildman–Crippen MR) is 75.7 cm³/mol. The molecule has 104 valence electrons. The third-order valence-electron chi connectivity index (χ3n) is 3.24. The van der Waals surface area contributed by atoms with Crippen molar-refractivity contribution in [1.82, 2.24) is 10.2 Å². The van der Waals surface area contributed by atoms with Crippen LogP contribution in [-0.4, -0.2) is 29.2 Å². The minimum atomic E-state index is -0.381. The van der Waals surface area contributed by atoms with E-state index in [-0.39, 0.29) is 17.3 Å². The number of anilines is 2. The van der Waals surface area contributed by atoms with Crippen LogP contribution in [-0.2, 0) is 0 Å². The van der Waals surface area contributed by atoms with E-state index in [1.165, 1.54) is 22.9 Å². The van der Waals surface area contributed by atoms with E-state index in [0.717, 1.165) is 25.9 Å².